The molecule has 1 aromatic rings. The van der Waals surface area contributed by atoms with Crippen LogP contribution < -0.4 is 4.74 Å². The molecule has 0 saturated heterocycles. The first kappa shape index (κ1) is 18.9. The topological polar surface area (TPSA) is 43.4 Å². The predicted molar refractivity (Wildman–Crippen MR) is 81.0 cm³/mol. The maximum Gasteiger partial charge on any atom is 0.178 e. The fraction of sp³-hybridized carbons (Fsp3) is 0.429. The van der Waals surface area contributed by atoms with Gasteiger partial charge < -0.3 is 4.74 Å². The van der Waals surface area contributed by atoms with Crippen LogP contribution in [0.4, 0.5) is 4.39 Å². The minimum absolute atomic E-state index is 0. The summed E-state index contributed by atoms with van der Waals surface area (Å²) in [4.78, 5) is 0.290. The van der Waals surface area contributed by atoms with Gasteiger partial charge in [-0.05, 0) is 42.7 Å². The van der Waals surface area contributed by atoms with Crippen LogP contribution in [-0.4, -0.2) is 20.8 Å². The second-order valence-corrected chi connectivity index (χ2v) is 6.31. The number of benzene rings is 1. The molecule has 0 atom stereocenters. The predicted octanol–water partition coefficient (Wildman–Crippen LogP) is 3.93. The molecule has 0 N–H and O–H groups in total. The third-order valence-electron chi connectivity index (χ3n) is 2.69. The monoisotopic (exact) mass is 322 g/mol. The zero-order chi connectivity index (χ0) is 14.3. The third kappa shape index (κ3) is 5.51. The van der Waals surface area contributed by atoms with Crippen molar-refractivity contribution in [3.05, 3.63) is 36.2 Å². The Morgan fingerprint density at radius 2 is 1.85 bits per heavy atom. The number of hydrogen-bond donors (Lipinski definition) is 0. The summed E-state index contributed by atoms with van der Waals surface area (Å²) in [6.45, 7) is 3.84. The van der Waals surface area contributed by atoms with Crippen LogP contribution in [0.3, 0.4) is 0 Å². The van der Waals surface area contributed by atoms with Crippen molar-refractivity contribution in [3.63, 3.8) is 0 Å². The Kier molecular flexibility index (Phi) is 8.49. The van der Waals surface area contributed by atoms with Crippen molar-refractivity contribution in [2.75, 3.05) is 12.4 Å². The van der Waals surface area contributed by atoms with Crippen LogP contribution in [0.2, 0.25) is 0 Å². The first-order valence-electron chi connectivity index (χ1n) is 6.27. The molecule has 0 aliphatic carbocycles. The van der Waals surface area contributed by atoms with Crippen molar-refractivity contribution in [1.82, 2.24) is 0 Å². The van der Waals surface area contributed by atoms with Crippen molar-refractivity contribution in [2.24, 2.45) is 0 Å². The van der Waals surface area contributed by atoms with Gasteiger partial charge in [0.05, 0.1) is 17.0 Å². The SMILES string of the molecule is CCCS(=O)(=O)c1ccc(OC/C(=C/F)CC)cc1.Cl. The molecule has 6 heteroatoms. The molecule has 0 saturated carbocycles. The second kappa shape index (κ2) is 8.97. The molecule has 114 valence electrons. The summed E-state index contributed by atoms with van der Waals surface area (Å²) in [5.74, 6) is 0.667. The lowest BCUT2D eigenvalue weighted by Gasteiger charge is -2.08. The Morgan fingerprint density at radius 3 is 2.30 bits per heavy atom. The summed E-state index contributed by atoms with van der Waals surface area (Å²) in [5.41, 5.74) is 0.558. The summed E-state index contributed by atoms with van der Waals surface area (Å²) in [6, 6.07) is 6.22. The average Bonchev–Trinajstić information content (AvgIpc) is 2.40. The van der Waals surface area contributed by atoms with Crippen LogP contribution in [0, 0.1) is 0 Å². The molecule has 1 rings (SSSR count). The van der Waals surface area contributed by atoms with Gasteiger partial charge in [-0.3, -0.25) is 0 Å². The molecule has 20 heavy (non-hydrogen) atoms. The largest absolute Gasteiger partial charge is 0.489 e. The van der Waals surface area contributed by atoms with E-state index >= 15 is 0 Å². The van der Waals surface area contributed by atoms with Gasteiger partial charge in [-0.15, -0.1) is 12.4 Å². The van der Waals surface area contributed by atoms with Gasteiger partial charge in [0.2, 0.25) is 0 Å². The number of sulfone groups is 1. The summed E-state index contributed by atoms with van der Waals surface area (Å²) < 4.78 is 41.3. The minimum atomic E-state index is -3.19. The van der Waals surface area contributed by atoms with E-state index in [4.69, 9.17) is 4.74 Å². The third-order valence-corrected chi connectivity index (χ3v) is 4.62. The van der Waals surface area contributed by atoms with Gasteiger partial charge in [0.25, 0.3) is 0 Å². The van der Waals surface area contributed by atoms with Gasteiger partial charge in [-0.2, -0.15) is 0 Å². The lowest BCUT2D eigenvalue weighted by molar-refractivity contribution is 0.345. The van der Waals surface area contributed by atoms with Crippen molar-refractivity contribution in [3.8, 4) is 5.75 Å². The molecule has 0 aromatic heterocycles. The summed E-state index contributed by atoms with van der Waals surface area (Å²) >= 11 is 0. The van der Waals surface area contributed by atoms with E-state index in [9.17, 15) is 12.8 Å². The van der Waals surface area contributed by atoms with E-state index in [1.54, 1.807) is 12.1 Å². The van der Waals surface area contributed by atoms with E-state index in [0.29, 0.717) is 35.4 Å². The van der Waals surface area contributed by atoms with E-state index in [1.165, 1.54) is 12.1 Å². The van der Waals surface area contributed by atoms with E-state index in [1.807, 2.05) is 13.8 Å². The quantitative estimate of drug-likeness (QED) is 0.763. The number of hydrogen-bond acceptors (Lipinski definition) is 3. The Bertz CT molecular complexity index is 524. The van der Waals surface area contributed by atoms with Gasteiger partial charge in [0.15, 0.2) is 9.84 Å². The molecule has 0 spiro atoms. The molecule has 0 heterocycles. The molecule has 1 aromatic carbocycles. The van der Waals surface area contributed by atoms with E-state index < -0.39 is 9.84 Å². The highest BCUT2D eigenvalue weighted by atomic mass is 35.5. The molecule has 0 unspecified atom stereocenters. The first-order valence-corrected chi connectivity index (χ1v) is 7.92. The highest BCUT2D eigenvalue weighted by molar-refractivity contribution is 7.91. The van der Waals surface area contributed by atoms with Gasteiger partial charge in [0, 0.05) is 0 Å². The molecule has 0 radical (unpaired) electrons. The van der Waals surface area contributed by atoms with Crippen LogP contribution in [0.15, 0.2) is 41.1 Å². The number of halogens is 2. The van der Waals surface area contributed by atoms with Crippen LogP contribution in [0.25, 0.3) is 0 Å². The molecular weight excluding hydrogens is 303 g/mol. The molecule has 0 fully saturated rings. The zero-order valence-electron chi connectivity index (χ0n) is 11.6. The highest BCUT2D eigenvalue weighted by Gasteiger charge is 2.12. The van der Waals surface area contributed by atoms with Crippen molar-refractivity contribution in [1.29, 1.82) is 0 Å². The molecular formula is C14H20ClFO3S. The van der Waals surface area contributed by atoms with Crippen LogP contribution >= 0.6 is 12.4 Å². The van der Waals surface area contributed by atoms with Gasteiger partial charge in [0.1, 0.15) is 12.4 Å². The van der Waals surface area contributed by atoms with Crippen molar-refractivity contribution in [2.45, 2.75) is 31.6 Å². The van der Waals surface area contributed by atoms with Gasteiger partial charge in [-0.1, -0.05) is 13.8 Å². The highest BCUT2D eigenvalue weighted by Crippen LogP contribution is 2.18. The Labute approximate surface area is 126 Å². The lowest BCUT2D eigenvalue weighted by atomic mass is 10.2. The fourth-order valence-corrected chi connectivity index (χ4v) is 2.84. The van der Waals surface area contributed by atoms with Crippen molar-refractivity contribution < 1.29 is 17.5 Å². The second-order valence-electron chi connectivity index (χ2n) is 4.20. The molecule has 0 amide bonds. The summed E-state index contributed by atoms with van der Waals surface area (Å²) in [5, 5.41) is 0. The molecule has 0 bridgehead atoms. The first-order chi connectivity index (χ1) is 9.03. The van der Waals surface area contributed by atoms with Gasteiger partial charge >= 0.3 is 0 Å². The normalized spacial score (nSPS) is 11.8. The van der Waals surface area contributed by atoms with E-state index in [0.717, 1.165) is 0 Å². The maximum atomic E-state index is 12.3. The minimum Gasteiger partial charge on any atom is -0.489 e. The molecule has 0 aliphatic heterocycles. The van der Waals surface area contributed by atoms with Crippen LogP contribution in [-0.2, 0) is 9.84 Å². The van der Waals surface area contributed by atoms with Crippen molar-refractivity contribution >= 4 is 22.2 Å². The van der Waals surface area contributed by atoms with E-state index in [2.05, 4.69) is 0 Å². The standard InChI is InChI=1S/C14H19FO3S.ClH/c1-3-9-19(16,17)14-7-5-13(6-8-14)18-11-12(4-2)10-15;/h5-8,10H,3-4,9,11H2,1-2H3;1H/b12-10+;. The Hall–Kier alpha value is -1.07. The summed E-state index contributed by atoms with van der Waals surface area (Å²) in [6.07, 6.45) is 1.71. The van der Waals surface area contributed by atoms with Crippen LogP contribution in [0.5, 0.6) is 5.75 Å². The fourth-order valence-electron chi connectivity index (χ4n) is 1.52. The maximum absolute atomic E-state index is 12.3. The lowest BCUT2D eigenvalue weighted by Crippen LogP contribution is -2.06. The zero-order valence-corrected chi connectivity index (χ0v) is 13.3. The Morgan fingerprint density at radius 1 is 1.25 bits per heavy atom. The molecule has 0 aliphatic rings. The Balaban J connectivity index is 0.00000361. The number of rotatable bonds is 7. The smallest absolute Gasteiger partial charge is 0.178 e. The van der Waals surface area contributed by atoms with E-state index in [-0.39, 0.29) is 24.8 Å². The molecule has 3 nitrogen and oxygen atoms in total. The summed E-state index contributed by atoms with van der Waals surface area (Å²) in [7, 11) is -3.19. The average molecular weight is 323 g/mol. The van der Waals surface area contributed by atoms with Gasteiger partial charge in [-0.25, -0.2) is 12.8 Å². The van der Waals surface area contributed by atoms with Crippen LogP contribution in [0.1, 0.15) is 26.7 Å². The number of ether oxygens (including phenoxy) is 1.